The molecule has 1 amide bonds. The largest absolute Gasteiger partial charge is 0.322 e. The van der Waals surface area contributed by atoms with Crippen LogP contribution in [-0.2, 0) is 6.54 Å². The maximum Gasteiger partial charge on any atom is 0.256 e. The van der Waals surface area contributed by atoms with Gasteiger partial charge in [-0.3, -0.25) is 4.79 Å². The molecule has 3 aromatic rings. The first kappa shape index (κ1) is 24.5. The minimum absolute atomic E-state index is 0.0545. The third-order valence-electron chi connectivity index (χ3n) is 7.07. The van der Waals surface area contributed by atoms with E-state index >= 15 is 0 Å². The van der Waals surface area contributed by atoms with E-state index in [9.17, 15) is 4.79 Å². The summed E-state index contributed by atoms with van der Waals surface area (Å²) >= 11 is 0. The van der Waals surface area contributed by atoms with Crippen molar-refractivity contribution in [1.29, 1.82) is 5.26 Å². The van der Waals surface area contributed by atoms with Crippen molar-refractivity contribution in [3.05, 3.63) is 107 Å². The lowest BCUT2D eigenvalue weighted by atomic mass is 9.83. The summed E-state index contributed by atoms with van der Waals surface area (Å²) in [7, 11) is 0. The van der Waals surface area contributed by atoms with Gasteiger partial charge in [0, 0.05) is 11.1 Å². The van der Waals surface area contributed by atoms with Crippen LogP contribution in [0, 0.1) is 16.7 Å². The molecule has 37 heavy (non-hydrogen) atoms. The first-order chi connectivity index (χ1) is 17.7. The third kappa shape index (κ3) is 5.04. The van der Waals surface area contributed by atoms with Gasteiger partial charge in [0.15, 0.2) is 0 Å². The van der Waals surface area contributed by atoms with Crippen LogP contribution in [0.15, 0.2) is 84.2 Å². The predicted molar refractivity (Wildman–Crippen MR) is 147 cm³/mol. The van der Waals surface area contributed by atoms with E-state index in [0.717, 1.165) is 45.5 Å². The van der Waals surface area contributed by atoms with Gasteiger partial charge in [-0.1, -0.05) is 62.4 Å². The molecule has 6 heteroatoms. The van der Waals surface area contributed by atoms with Crippen LogP contribution in [0.25, 0.3) is 16.5 Å². The van der Waals surface area contributed by atoms with Crippen molar-refractivity contribution in [1.82, 2.24) is 20.7 Å². The summed E-state index contributed by atoms with van der Waals surface area (Å²) in [6.07, 6.45) is 7.45. The van der Waals surface area contributed by atoms with E-state index in [1.54, 1.807) is 0 Å². The fourth-order valence-electron chi connectivity index (χ4n) is 4.80. The van der Waals surface area contributed by atoms with Crippen molar-refractivity contribution in [2.24, 2.45) is 5.41 Å². The standard InChI is InChI=1S/C31H31N5O/c1-20-29(21(2)36(35-20)19-23-11-9-22(18-32)10-12-23)34-30(37)26-17-28(24-13-15-31(3,4)16-14-24)33-27-8-6-5-7-25(26)27/h5-15,17,20,35H,16,19H2,1-4H3,(H,34,37). The molecular weight excluding hydrogens is 458 g/mol. The molecule has 1 unspecified atom stereocenters. The van der Waals surface area contributed by atoms with Crippen LogP contribution in [0.1, 0.15) is 61.3 Å². The molecule has 2 heterocycles. The number of carbonyl (C=O) groups excluding carboxylic acids is 1. The van der Waals surface area contributed by atoms with Gasteiger partial charge in [-0.05, 0) is 61.1 Å². The van der Waals surface area contributed by atoms with Crippen LogP contribution >= 0.6 is 0 Å². The number of fused-ring (bicyclic) bond motifs is 1. The lowest BCUT2D eigenvalue weighted by molar-refractivity contribution is 0.0965. The number of aromatic nitrogens is 1. The molecule has 0 bridgehead atoms. The van der Waals surface area contributed by atoms with E-state index in [0.29, 0.717) is 17.7 Å². The lowest BCUT2D eigenvalue weighted by Gasteiger charge is -2.22. The first-order valence-corrected chi connectivity index (χ1v) is 12.6. The van der Waals surface area contributed by atoms with Crippen molar-refractivity contribution in [2.75, 3.05) is 0 Å². The van der Waals surface area contributed by atoms with Crippen LogP contribution in [0.3, 0.4) is 0 Å². The molecule has 2 N–H and O–H groups in total. The second-order valence-electron chi connectivity index (χ2n) is 10.5. The molecule has 1 aliphatic heterocycles. The molecule has 0 fully saturated rings. The summed E-state index contributed by atoms with van der Waals surface area (Å²) in [6, 6.07) is 19.3. The van der Waals surface area contributed by atoms with Gasteiger partial charge >= 0.3 is 0 Å². The number of benzene rings is 2. The maximum absolute atomic E-state index is 13.7. The van der Waals surface area contributed by atoms with Crippen molar-refractivity contribution in [2.45, 2.75) is 46.7 Å². The zero-order valence-corrected chi connectivity index (χ0v) is 21.7. The molecule has 0 radical (unpaired) electrons. The summed E-state index contributed by atoms with van der Waals surface area (Å²) in [5, 5.41) is 15.1. The van der Waals surface area contributed by atoms with Gasteiger partial charge in [0.1, 0.15) is 0 Å². The highest BCUT2D eigenvalue weighted by Gasteiger charge is 2.28. The second-order valence-corrected chi connectivity index (χ2v) is 10.5. The Morgan fingerprint density at radius 3 is 2.68 bits per heavy atom. The van der Waals surface area contributed by atoms with E-state index in [4.69, 9.17) is 10.2 Å². The number of rotatable bonds is 5. The van der Waals surface area contributed by atoms with Crippen LogP contribution in [0.4, 0.5) is 0 Å². The van der Waals surface area contributed by atoms with Gasteiger partial charge in [-0.25, -0.2) is 10.4 Å². The van der Waals surface area contributed by atoms with Crippen LogP contribution in [0.2, 0.25) is 0 Å². The van der Waals surface area contributed by atoms with E-state index in [1.807, 2.05) is 73.5 Å². The number of hydrogen-bond donors (Lipinski definition) is 2. The number of hydrazine groups is 1. The third-order valence-corrected chi connectivity index (χ3v) is 7.07. The fourth-order valence-corrected chi connectivity index (χ4v) is 4.80. The number of para-hydroxylation sites is 1. The van der Waals surface area contributed by atoms with Crippen molar-refractivity contribution in [3.63, 3.8) is 0 Å². The van der Waals surface area contributed by atoms with E-state index < -0.39 is 0 Å². The molecule has 0 saturated heterocycles. The van der Waals surface area contributed by atoms with Gasteiger partial charge in [0.2, 0.25) is 0 Å². The first-order valence-electron chi connectivity index (χ1n) is 12.6. The molecule has 0 spiro atoms. The number of allylic oxidation sites excluding steroid dienone is 5. The summed E-state index contributed by atoms with van der Waals surface area (Å²) in [4.78, 5) is 18.6. The zero-order chi connectivity index (χ0) is 26.2. The number of nitrogens with one attached hydrogen (secondary N) is 2. The van der Waals surface area contributed by atoms with Crippen LogP contribution in [-0.4, -0.2) is 21.9 Å². The van der Waals surface area contributed by atoms with Crippen LogP contribution in [0.5, 0.6) is 0 Å². The van der Waals surface area contributed by atoms with Crippen molar-refractivity contribution >= 4 is 22.4 Å². The average Bonchev–Trinajstić information content (AvgIpc) is 3.15. The number of nitriles is 1. The maximum atomic E-state index is 13.7. The topological polar surface area (TPSA) is 81.1 Å². The summed E-state index contributed by atoms with van der Waals surface area (Å²) in [6.45, 7) is 9.08. The minimum atomic E-state index is -0.149. The smallest absolute Gasteiger partial charge is 0.256 e. The van der Waals surface area contributed by atoms with Crippen LogP contribution < -0.4 is 10.7 Å². The summed E-state index contributed by atoms with van der Waals surface area (Å²) < 4.78 is 0. The molecular formula is C31H31N5O. The lowest BCUT2D eigenvalue weighted by Crippen LogP contribution is -2.37. The minimum Gasteiger partial charge on any atom is -0.322 e. The Kier molecular flexibility index (Phi) is 6.41. The Hall–Kier alpha value is -4.21. The number of pyridine rings is 1. The molecule has 5 rings (SSSR count). The highest BCUT2D eigenvalue weighted by atomic mass is 16.1. The number of hydrogen-bond acceptors (Lipinski definition) is 5. The van der Waals surface area contributed by atoms with E-state index in [2.05, 4.69) is 48.9 Å². The Morgan fingerprint density at radius 1 is 1.22 bits per heavy atom. The zero-order valence-electron chi connectivity index (χ0n) is 21.7. The average molecular weight is 490 g/mol. The van der Waals surface area contributed by atoms with Gasteiger partial charge in [0.25, 0.3) is 5.91 Å². The Morgan fingerprint density at radius 2 is 1.97 bits per heavy atom. The molecule has 0 saturated carbocycles. The molecule has 2 aliphatic rings. The van der Waals surface area contributed by atoms with Gasteiger partial charge in [0.05, 0.1) is 46.7 Å². The molecule has 1 aromatic heterocycles. The van der Waals surface area contributed by atoms with Gasteiger partial charge in [-0.2, -0.15) is 5.26 Å². The highest BCUT2D eigenvalue weighted by Crippen LogP contribution is 2.33. The molecule has 6 nitrogen and oxygen atoms in total. The molecule has 2 aromatic carbocycles. The summed E-state index contributed by atoms with van der Waals surface area (Å²) in [5.74, 6) is -0.149. The number of nitrogens with zero attached hydrogens (tertiary/aromatic N) is 3. The SMILES string of the molecule is CC1=C(NC(=O)c2cc(C3=CCC(C)(C)C=C3)nc3ccccc23)C(C)NN1Cc1ccc(C#N)cc1. The number of carbonyl (C=O) groups is 1. The highest BCUT2D eigenvalue weighted by molar-refractivity contribution is 6.07. The van der Waals surface area contributed by atoms with E-state index in [1.165, 1.54) is 0 Å². The molecule has 1 aliphatic carbocycles. The number of amides is 1. The predicted octanol–water partition coefficient (Wildman–Crippen LogP) is 5.85. The van der Waals surface area contributed by atoms with Crippen molar-refractivity contribution in [3.8, 4) is 6.07 Å². The Labute approximate surface area is 218 Å². The normalized spacial score (nSPS) is 18.6. The van der Waals surface area contributed by atoms with Crippen molar-refractivity contribution < 1.29 is 4.79 Å². The second kappa shape index (κ2) is 9.68. The molecule has 1 atom stereocenters. The Balaban J connectivity index is 1.43. The fraction of sp³-hybridized carbons (Fsp3) is 0.258. The summed E-state index contributed by atoms with van der Waals surface area (Å²) in [5.41, 5.74) is 10.3. The Bertz CT molecular complexity index is 1500. The van der Waals surface area contributed by atoms with E-state index in [-0.39, 0.29) is 17.4 Å². The molecule has 186 valence electrons. The van der Waals surface area contributed by atoms with Gasteiger partial charge in [-0.15, -0.1) is 0 Å². The quantitative estimate of drug-likeness (QED) is 0.470. The monoisotopic (exact) mass is 489 g/mol. The van der Waals surface area contributed by atoms with Gasteiger partial charge < -0.3 is 10.3 Å².